The Bertz CT molecular complexity index is 982. The number of hydrogen-bond acceptors (Lipinski definition) is 5. The van der Waals surface area contributed by atoms with Gasteiger partial charge in [0, 0.05) is 16.8 Å². The van der Waals surface area contributed by atoms with E-state index in [9.17, 15) is 9.59 Å². The number of nitrogen functional groups attached to an aromatic ring is 1. The monoisotopic (exact) mass is 377 g/mol. The topological polar surface area (TPSA) is 84.2 Å². The minimum absolute atomic E-state index is 0.145. The number of nitrogens with one attached hydrogen (secondary N) is 2. The van der Waals surface area contributed by atoms with Gasteiger partial charge in [0.1, 0.15) is 5.66 Å². The molecule has 0 atom stereocenters. The smallest absolute Gasteiger partial charge is 0.196 e. The Morgan fingerprint density at radius 3 is 1.96 bits per heavy atom. The van der Waals surface area contributed by atoms with E-state index in [-0.39, 0.29) is 17.2 Å². The van der Waals surface area contributed by atoms with Gasteiger partial charge in [-0.05, 0) is 30.7 Å². The largest absolute Gasteiger partial charge is 0.398 e. The second-order valence-electron chi connectivity index (χ2n) is 8.87. The molecule has 0 radical (unpaired) electrons. The van der Waals surface area contributed by atoms with Crippen molar-refractivity contribution in [1.29, 1.82) is 0 Å². The van der Waals surface area contributed by atoms with Gasteiger partial charge in [0.2, 0.25) is 0 Å². The van der Waals surface area contributed by atoms with E-state index in [4.69, 9.17) is 5.73 Å². The number of nitrogens with two attached hydrogens (primary N) is 1. The van der Waals surface area contributed by atoms with Crippen LogP contribution >= 0.6 is 0 Å². The van der Waals surface area contributed by atoms with E-state index in [0.29, 0.717) is 45.5 Å². The number of anilines is 3. The van der Waals surface area contributed by atoms with Gasteiger partial charge in [-0.1, -0.05) is 52.0 Å². The maximum absolute atomic E-state index is 13.3. The molecule has 4 rings (SSSR count). The van der Waals surface area contributed by atoms with Gasteiger partial charge in [0.15, 0.2) is 11.6 Å². The quantitative estimate of drug-likeness (QED) is 0.575. The molecule has 5 nitrogen and oxygen atoms in total. The lowest BCUT2D eigenvalue weighted by atomic mass is 9.82. The highest BCUT2D eigenvalue weighted by Crippen LogP contribution is 2.47. The van der Waals surface area contributed by atoms with Gasteiger partial charge in [0.25, 0.3) is 0 Å². The van der Waals surface area contributed by atoms with Crippen LogP contribution in [-0.4, -0.2) is 17.2 Å². The Hall–Kier alpha value is -2.82. The molecule has 28 heavy (non-hydrogen) atoms. The fraction of sp³-hybridized carbons (Fsp3) is 0.391. The van der Waals surface area contributed by atoms with E-state index in [1.807, 2.05) is 0 Å². The first-order valence-corrected chi connectivity index (χ1v) is 9.93. The molecule has 1 aliphatic carbocycles. The summed E-state index contributed by atoms with van der Waals surface area (Å²) >= 11 is 0. The van der Waals surface area contributed by atoms with Gasteiger partial charge < -0.3 is 16.4 Å². The number of carbonyl (C=O) groups excluding carboxylic acids is 2. The van der Waals surface area contributed by atoms with Crippen molar-refractivity contribution in [3.05, 3.63) is 52.6 Å². The van der Waals surface area contributed by atoms with Gasteiger partial charge in [-0.15, -0.1) is 0 Å². The molecule has 1 heterocycles. The summed E-state index contributed by atoms with van der Waals surface area (Å²) in [6.07, 6.45) is 1.79. The van der Waals surface area contributed by atoms with Crippen molar-refractivity contribution in [3.63, 3.8) is 0 Å². The lowest BCUT2D eigenvalue weighted by molar-refractivity contribution is 0.0980. The molecule has 0 saturated heterocycles. The summed E-state index contributed by atoms with van der Waals surface area (Å²) in [6.45, 7) is 8.73. The third-order valence-corrected chi connectivity index (χ3v) is 5.48. The number of hydrogen-bond donors (Lipinski definition) is 3. The first-order valence-electron chi connectivity index (χ1n) is 9.93. The summed E-state index contributed by atoms with van der Waals surface area (Å²) in [6, 6.07) is 8.76. The molecule has 0 bridgehead atoms. The molecule has 2 aromatic carbocycles. The fourth-order valence-corrected chi connectivity index (χ4v) is 4.76. The predicted octanol–water partition coefficient (Wildman–Crippen LogP) is 4.67. The summed E-state index contributed by atoms with van der Waals surface area (Å²) in [5, 5.41) is 7.21. The molecule has 0 saturated carbocycles. The van der Waals surface area contributed by atoms with E-state index in [2.05, 4.69) is 38.3 Å². The highest BCUT2D eigenvalue weighted by Gasteiger charge is 2.43. The average molecular weight is 377 g/mol. The van der Waals surface area contributed by atoms with Crippen LogP contribution in [0.1, 0.15) is 72.4 Å². The molecule has 2 aliphatic rings. The highest BCUT2D eigenvalue weighted by molar-refractivity contribution is 6.32. The van der Waals surface area contributed by atoms with E-state index in [0.717, 1.165) is 18.5 Å². The Morgan fingerprint density at radius 2 is 1.43 bits per heavy atom. The minimum atomic E-state index is -0.355. The first kappa shape index (κ1) is 18.5. The van der Waals surface area contributed by atoms with Crippen molar-refractivity contribution in [2.24, 2.45) is 11.8 Å². The lowest BCUT2D eigenvalue weighted by Gasteiger charge is -2.34. The Kier molecular flexibility index (Phi) is 4.21. The molecule has 5 heteroatoms. The summed E-state index contributed by atoms with van der Waals surface area (Å²) in [5.41, 5.74) is 9.37. The molecule has 0 unspecified atom stereocenters. The van der Waals surface area contributed by atoms with Gasteiger partial charge in [-0.3, -0.25) is 9.59 Å². The molecule has 2 aromatic rings. The standard InChI is InChI=1S/C23H27N3O2/c1-12(2)10-23(11-13(3)4)25-17-9-16(24)18-19(20(17)26-23)22(28)15-8-6-5-7-14(15)21(18)27/h5-9,12-13,25-26H,10-11,24H2,1-4H3. The average Bonchev–Trinajstić information content (AvgIpc) is 2.94. The molecule has 0 spiro atoms. The van der Waals surface area contributed by atoms with E-state index in [1.165, 1.54) is 0 Å². The molecular weight excluding hydrogens is 350 g/mol. The summed E-state index contributed by atoms with van der Waals surface area (Å²) in [4.78, 5) is 26.5. The van der Waals surface area contributed by atoms with Crippen LogP contribution in [0.3, 0.4) is 0 Å². The normalized spacial score (nSPS) is 16.5. The summed E-state index contributed by atoms with van der Waals surface area (Å²) < 4.78 is 0. The van der Waals surface area contributed by atoms with E-state index >= 15 is 0 Å². The van der Waals surface area contributed by atoms with Crippen LogP contribution in [0.4, 0.5) is 17.1 Å². The number of benzene rings is 2. The van der Waals surface area contributed by atoms with Crippen LogP contribution < -0.4 is 16.4 Å². The molecule has 4 N–H and O–H groups in total. The summed E-state index contributed by atoms with van der Waals surface area (Å²) in [7, 11) is 0. The maximum Gasteiger partial charge on any atom is 0.196 e. The molecule has 0 amide bonds. The van der Waals surface area contributed by atoms with Crippen molar-refractivity contribution in [3.8, 4) is 0 Å². The second-order valence-corrected chi connectivity index (χ2v) is 8.87. The van der Waals surface area contributed by atoms with Crippen LogP contribution in [-0.2, 0) is 0 Å². The zero-order chi connectivity index (χ0) is 20.2. The molecule has 1 aliphatic heterocycles. The van der Waals surface area contributed by atoms with Gasteiger partial charge in [0.05, 0.1) is 22.5 Å². The zero-order valence-electron chi connectivity index (χ0n) is 16.8. The van der Waals surface area contributed by atoms with Gasteiger partial charge in [-0.25, -0.2) is 0 Å². The molecule has 0 fully saturated rings. The third-order valence-electron chi connectivity index (χ3n) is 5.48. The van der Waals surface area contributed by atoms with Crippen molar-refractivity contribution < 1.29 is 9.59 Å². The van der Waals surface area contributed by atoms with Crippen molar-refractivity contribution >= 4 is 28.6 Å². The van der Waals surface area contributed by atoms with Gasteiger partial charge >= 0.3 is 0 Å². The van der Waals surface area contributed by atoms with Gasteiger partial charge in [-0.2, -0.15) is 0 Å². The number of rotatable bonds is 4. The zero-order valence-corrected chi connectivity index (χ0v) is 16.8. The van der Waals surface area contributed by atoms with Crippen LogP contribution in [0, 0.1) is 11.8 Å². The van der Waals surface area contributed by atoms with Crippen molar-refractivity contribution in [1.82, 2.24) is 0 Å². The number of ketones is 2. The summed E-state index contributed by atoms with van der Waals surface area (Å²) in [5.74, 6) is 0.587. The van der Waals surface area contributed by atoms with E-state index < -0.39 is 0 Å². The fourth-order valence-electron chi connectivity index (χ4n) is 4.76. The molecular formula is C23H27N3O2. The third kappa shape index (κ3) is 2.77. The van der Waals surface area contributed by atoms with Crippen molar-refractivity contribution in [2.45, 2.75) is 46.2 Å². The van der Waals surface area contributed by atoms with E-state index in [1.54, 1.807) is 30.3 Å². The Morgan fingerprint density at radius 1 is 0.893 bits per heavy atom. The SMILES string of the molecule is CC(C)CC1(CC(C)C)Nc2cc(N)c3c(c2N1)C(=O)c1ccccc1C3=O. The number of carbonyl (C=O) groups is 2. The molecule has 146 valence electrons. The molecule has 0 aromatic heterocycles. The lowest BCUT2D eigenvalue weighted by Crippen LogP contribution is -2.44. The second kappa shape index (κ2) is 6.36. The Labute approximate surface area is 165 Å². The number of fused-ring (bicyclic) bond motifs is 4. The minimum Gasteiger partial charge on any atom is -0.398 e. The maximum atomic E-state index is 13.3. The highest BCUT2D eigenvalue weighted by atomic mass is 16.1. The van der Waals surface area contributed by atoms with Crippen molar-refractivity contribution in [2.75, 3.05) is 16.4 Å². The Balaban J connectivity index is 1.88. The first-order chi connectivity index (χ1) is 13.2. The van der Waals surface area contributed by atoms with Crippen LogP contribution in [0.25, 0.3) is 0 Å². The van der Waals surface area contributed by atoms with Crippen LogP contribution in [0.5, 0.6) is 0 Å². The predicted molar refractivity (Wildman–Crippen MR) is 113 cm³/mol. The van der Waals surface area contributed by atoms with Crippen LogP contribution in [0.15, 0.2) is 30.3 Å². The van der Waals surface area contributed by atoms with Crippen LogP contribution in [0.2, 0.25) is 0 Å².